The van der Waals surface area contributed by atoms with E-state index in [2.05, 4.69) is 13.8 Å². The molecule has 0 spiro atoms. The van der Waals surface area contributed by atoms with Gasteiger partial charge in [-0.3, -0.25) is 0 Å². The fourth-order valence-corrected chi connectivity index (χ4v) is 1.61. The molecule has 0 aromatic heterocycles. The molecule has 0 amide bonds. The Hall–Kier alpha value is 0.100. The molecule has 0 saturated heterocycles. The summed E-state index contributed by atoms with van der Waals surface area (Å²) in [6.45, 7) is 6.17. The predicted octanol–water partition coefficient (Wildman–Crippen LogP) is 2.49. The third-order valence-corrected chi connectivity index (χ3v) is 2.76. The van der Waals surface area contributed by atoms with Crippen LogP contribution >= 0.6 is 7.80 Å². The van der Waals surface area contributed by atoms with Crippen molar-refractivity contribution in [3.63, 3.8) is 0 Å². The molecule has 0 radical (unpaired) electrons. The van der Waals surface area contributed by atoms with Crippen molar-refractivity contribution in [1.82, 2.24) is 0 Å². The maximum absolute atomic E-state index is 10.8. The van der Waals surface area contributed by atoms with Crippen LogP contribution in [0.25, 0.3) is 0 Å². The first-order valence-electron chi connectivity index (χ1n) is 3.09. The van der Waals surface area contributed by atoms with Crippen LogP contribution in [0.2, 0.25) is 0 Å². The maximum atomic E-state index is 10.8. The minimum Gasteiger partial charge on any atom is -0.0748 e. The van der Waals surface area contributed by atoms with Crippen LogP contribution < -0.4 is 0 Å². The van der Waals surface area contributed by atoms with Gasteiger partial charge in [-0.25, -0.2) is 0 Å². The molecule has 0 bridgehead atoms. The summed E-state index contributed by atoms with van der Waals surface area (Å²) in [6, 6.07) is 0. The van der Waals surface area contributed by atoms with Crippen molar-refractivity contribution >= 4 is 7.80 Å². The van der Waals surface area contributed by atoms with Crippen LogP contribution in [0.5, 0.6) is 0 Å². The fourth-order valence-electron chi connectivity index (χ4n) is 0.536. The zero-order valence-corrected chi connectivity index (χ0v) is 6.74. The quantitative estimate of drug-likeness (QED) is 0.540. The van der Waals surface area contributed by atoms with E-state index in [9.17, 15) is 4.57 Å². The molecule has 0 rings (SSSR count). The van der Waals surface area contributed by atoms with Gasteiger partial charge < -0.3 is 0 Å². The molecule has 0 fully saturated rings. The molecule has 0 aliphatic rings. The lowest BCUT2D eigenvalue weighted by molar-refractivity contribution is 0.580. The van der Waals surface area contributed by atoms with Gasteiger partial charge in [-0.2, -0.15) is 0 Å². The topological polar surface area (TPSA) is 17.1 Å². The number of rotatable bonds is 3. The minimum absolute atomic E-state index is 0.596. The summed E-state index contributed by atoms with van der Waals surface area (Å²) in [7, 11) is -0.868. The summed E-state index contributed by atoms with van der Waals surface area (Å²) in [6.07, 6.45) is 1.74. The van der Waals surface area contributed by atoms with Gasteiger partial charge in [0.05, 0.1) is 0 Å². The van der Waals surface area contributed by atoms with Gasteiger partial charge >= 0.3 is 7.80 Å². The van der Waals surface area contributed by atoms with Gasteiger partial charge in [-0.1, -0.05) is 18.4 Å². The van der Waals surface area contributed by atoms with Gasteiger partial charge in [0.25, 0.3) is 0 Å². The molecule has 0 saturated carbocycles. The van der Waals surface area contributed by atoms with Crippen LogP contribution in [0, 0.1) is 5.92 Å². The van der Waals surface area contributed by atoms with E-state index in [0.717, 1.165) is 12.3 Å². The van der Waals surface area contributed by atoms with Crippen molar-refractivity contribution < 1.29 is 4.57 Å². The molecule has 0 heterocycles. The lowest BCUT2D eigenvalue weighted by Crippen LogP contribution is -1.90. The highest BCUT2D eigenvalue weighted by molar-refractivity contribution is 7.44. The highest BCUT2D eigenvalue weighted by atomic mass is 31.1. The Balaban J connectivity index is 3.25. The van der Waals surface area contributed by atoms with Gasteiger partial charge in [-0.15, -0.1) is 0 Å². The van der Waals surface area contributed by atoms with E-state index in [-0.39, 0.29) is 0 Å². The zero-order chi connectivity index (χ0) is 6.57. The van der Waals surface area contributed by atoms with E-state index < -0.39 is 7.80 Å². The normalized spacial score (nSPS) is 12.2. The average molecular weight is 133 g/mol. The third kappa shape index (κ3) is 4.26. The van der Waals surface area contributed by atoms with Crippen molar-refractivity contribution in [3.05, 3.63) is 0 Å². The highest BCUT2D eigenvalue weighted by Crippen LogP contribution is 2.22. The molecule has 0 aliphatic heterocycles. The smallest absolute Gasteiger partial charge is 0.0748 e. The monoisotopic (exact) mass is 133 g/mol. The first-order valence-corrected chi connectivity index (χ1v) is 4.72. The average Bonchev–Trinajstić information content (AvgIpc) is 1.65. The lowest BCUT2D eigenvalue weighted by atomic mass is 10.3. The van der Waals surface area contributed by atoms with E-state index in [1.807, 2.05) is 6.92 Å². The molecular formula is C6H14OP+. The summed E-state index contributed by atoms with van der Waals surface area (Å²) in [4.78, 5) is 0. The summed E-state index contributed by atoms with van der Waals surface area (Å²) >= 11 is 0. The van der Waals surface area contributed by atoms with Crippen LogP contribution in [0.4, 0.5) is 0 Å². The first-order chi connectivity index (χ1) is 3.66. The Bertz CT molecular complexity index is 78.6. The van der Waals surface area contributed by atoms with Crippen molar-refractivity contribution in [2.24, 2.45) is 5.92 Å². The summed E-state index contributed by atoms with van der Waals surface area (Å²) < 4.78 is 10.8. The second-order valence-electron chi connectivity index (χ2n) is 2.37. The van der Waals surface area contributed by atoms with Crippen molar-refractivity contribution in [1.29, 1.82) is 0 Å². The second-order valence-corrected chi connectivity index (χ2v) is 4.34. The molecule has 8 heavy (non-hydrogen) atoms. The van der Waals surface area contributed by atoms with Crippen LogP contribution in [0.3, 0.4) is 0 Å². The number of hydrogen-bond donors (Lipinski definition) is 0. The summed E-state index contributed by atoms with van der Waals surface area (Å²) in [5, 5.41) is 0. The molecule has 0 aromatic carbocycles. The van der Waals surface area contributed by atoms with E-state index >= 15 is 0 Å². The van der Waals surface area contributed by atoms with Gasteiger partial charge in [0.2, 0.25) is 0 Å². The largest absolute Gasteiger partial charge is 0.338 e. The maximum Gasteiger partial charge on any atom is 0.338 e. The molecule has 0 aliphatic carbocycles. The Kier molecular flexibility index (Phi) is 4.08. The molecule has 1 unspecified atom stereocenters. The molecular weight excluding hydrogens is 119 g/mol. The fraction of sp³-hybridized carbons (Fsp3) is 1.00. The van der Waals surface area contributed by atoms with Gasteiger partial charge in [0.1, 0.15) is 12.3 Å². The molecule has 0 N–H and O–H groups in total. The van der Waals surface area contributed by atoms with Crippen LogP contribution in [-0.2, 0) is 4.57 Å². The highest BCUT2D eigenvalue weighted by Gasteiger charge is 2.12. The first kappa shape index (κ1) is 8.10. The summed E-state index contributed by atoms with van der Waals surface area (Å²) in [5.41, 5.74) is 0. The Morgan fingerprint density at radius 2 is 2.00 bits per heavy atom. The predicted molar refractivity (Wildman–Crippen MR) is 37.9 cm³/mol. The van der Waals surface area contributed by atoms with E-state index in [0.29, 0.717) is 5.92 Å². The van der Waals surface area contributed by atoms with E-state index in [1.54, 1.807) is 0 Å². The van der Waals surface area contributed by atoms with Crippen LogP contribution in [-0.4, -0.2) is 12.3 Å². The second kappa shape index (κ2) is 4.03. The lowest BCUT2D eigenvalue weighted by Gasteiger charge is -1.89. The zero-order valence-electron chi connectivity index (χ0n) is 5.85. The van der Waals surface area contributed by atoms with Crippen LogP contribution in [0.1, 0.15) is 20.8 Å². The minimum atomic E-state index is -0.868. The standard InChI is InChI=1S/C6H14OP/c1-4-8(7)5-6(2)3/h6H,4-5H2,1-3H3/q+1. The van der Waals surface area contributed by atoms with Crippen molar-refractivity contribution in [2.45, 2.75) is 20.8 Å². The van der Waals surface area contributed by atoms with Crippen LogP contribution in [0.15, 0.2) is 0 Å². The van der Waals surface area contributed by atoms with Gasteiger partial charge in [0, 0.05) is 0 Å². The third-order valence-electron chi connectivity index (χ3n) is 0.921. The summed E-state index contributed by atoms with van der Waals surface area (Å²) in [5.74, 6) is 0.596. The van der Waals surface area contributed by atoms with Gasteiger partial charge in [-0.05, 0) is 12.8 Å². The van der Waals surface area contributed by atoms with Crippen molar-refractivity contribution in [2.75, 3.05) is 12.3 Å². The Morgan fingerprint density at radius 1 is 1.50 bits per heavy atom. The molecule has 0 aromatic rings. The van der Waals surface area contributed by atoms with E-state index in [1.165, 1.54) is 0 Å². The van der Waals surface area contributed by atoms with Gasteiger partial charge in [0.15, 0.2) is 0 Å². The SMILES string of the molecule is CC[P+](=O)CC(C)C. The molecule has 2 heteroatoms. The van der Waals surface area contributed by atoms with E-state index in [4.69, 9.17) is 0 Å². The van der Waals surface area contributed by atoms with Crippen molar-refractivity contribution in [3.8, 4) is 0 Å². The molecule has 1 nitrogen and oxygen atoms in total. The molecule has 1 atom stereocenters. The Labute approximate surface area is 52.3 Å². The Morgan fingerprint density at radius 3 is 2.12 bits per heavy atom. The number of hydrogen-bond acceptors (Lipinski definition) is 1. The molecule has 48 valence electrons.